The van der Waals surface area contributed by atoms with Gasteiger partial charge < -0.3 is 14.8 Å². The van der Waals surface area contributed by atoms with Crippen LogP contribution in [0.2, 0.25) is 5.02 Å². The van der Waals surface area contributed by atoms with Crippen molar-refractivity contribution in [3.63, 3.8) is 0 Å². The van der Waals surface area contributed by atoms with Crippen LogP contribution < -0.4 is 10.0 Å². The van der Waals surface area contributed by atoms with Crippen molar-refractivity contribution in [2.24, 2.45) is 10.9 Å². The minimum Gasteiger partial charge on any atom is -0.466 e. The molecule has 0 amide bonds. The average Bonchev–Trinajstić information content (AvgIpc) is 3.46. The van der Waals surface area contributed by atoms with E-state index in [0.717, 1.165) is 6.07 Å². The third-order valence-corrected chi connectivity index (χ3v) is 9.72. The molecule has 1 aromatic carbocycles. The second-order valence-corrected chi connectivity index (χ2v) is 12.1. The largest absolute Gasteiger partial charge is 0.466 e. The first-order valence-corrected chi connectivity index (χ1v) is 14.7. The number of carbonyl (C=O) groups is 1. The van der Waals surface area contributed by atoms with Crippen molar-refractivity contribution >= 4 is 44.8 Å². The van der Waals surface area contributed by atoms with Crippen LogP contribution in [0, 0.1) is 17.6 Å². The van der Waals surface area contributed by atoms with Gasteiger partial charge in [0.15, 0.2) is 22.5 Å². The molecule has 2 heterocycles. The third kappa shape index (κ3) is 5.91. The predicted octanol–water partition coefficient (Wildman–Crippen LogP) is 3.72. The second-order valence-electron chi connectivity index (χ2n) is 8.83. The van der Waals surface area contributed by atoms with Gasteiger partial charge in [-0.1, -0.05) is 17.7 Å². The number of methoxy groups -OCH3 is 2. The molecule has 0 bridgehead atoms. The number of ether oxygens (including phenoxy) is 2. The van der Waals surface area contributed by atoms with Gasteiger partial charge in [-0.15, -0.1) is 11.3 Å². The quantitative estimate of drug-likeness (QED) is 0.260. The normalized spacial score (nSPS) is 22.1. The van der Waals surface area contributed by atoms with Gasteiger partial charge >= 0.3 is 5.97 Å². The van der Waals surface area contributed by atoms with Crippen LogP contribution in [0.1, 0.15) is 42.3 Å². The van der Waals surface area contributed by atoms with Crippen LogP contribution in [0.25, 0.3) is 0 Å². The maximum Gasteiger partial charge on any atom is 0.338 e. The molecule has 1 saturated carbocycles. The first kappa shape index (κ1) is 28.6. The summed E-state index contributed by atoms with van der Waals surface area (Å²) in [6.45, 7) is 0.447. The number of allylic oxidation sites excluding steroid dienone is 1. The lowest BCUT2D eigenvalue weighted by Crippen LogP contribution is -2.41. The van der Waals surface area contributed by atoms with Gasteiger partial charge in [0, 0.05) is 36.5 Å². The van der Waals surface area contributed by atoms with E-state index in [0.29, 0.717) is 42.2 Å². The number of nitrogens with one attached hydrogen (secondary N) is 2. The highest BCUT2D eigenvalue weighted by Crippen LogP contribution is 2.42. The van der Waals surface area contributed by atoms with Gasteiger partial charge in [0.25, 0.3) is 0 Å². The van der Waals surface area contributed by atoms with Crippen LogP contribution >= 0.6 is 22.9 Å². The summed E-state index contributed by atoms with van der Waals surface area (Å²) in [6, 6.07) is 1.12. The molecule has 0 saturated heterocycles. The lowest BCUT2D eigenvalue weighted by molar-refractivity contribution is -0.136. The topological polar surface area (TPSA) is 119 Å². The smallest absolute Gasteiger partial charge is 0.338 e. The Balaban J connectivity index is 1.72. The van der Waals surface area contributed by atoms with E-state index < -0.39 is 43.9 Å². The molecule has 0 spiro atoms. The predicted molar refractivity (Wildman–Crippen MR) is 139 cm³/mol. The van der Waals surface area contributed by atoms with E-state index in [9.17, 15) is 22.0 Å². The van der Waals surface area contributed by atoms with E-state index in [1.54, 1.807) is 11.6 Å². The number of hydrogen-bond donors (Lipinski definition) is 2. The van der Waals surface area contributed by atoms with Crippen LogP contribution in [0.3, 0.4) is 0 Å². The monoisotopic (exact) mass is 588 g/mol. The standard InChI is InChI=1S/C24H27ClF2N4O5S2/c1-35-11-9-29-38(33,34)14-5-3-13(4-6-14)20-17(24(32)36-2)21(15-7-8-16(26)19(27)18(15)25)31-22(30-20)23-28-10-12-37-23/h7-8,10,12-14,21,29H,3-6,9,11H2,1-2H3,(H,30,31)/t13-,14-,21-/m1/s1. The molecule has 2 N–H and O–H groups in total. The molecule has 14 heteroatoms. The Morgan fingerprint density at radius 3 is 2.61 bits per heavy atom. The Labute approximate surface area is 228 Å². The molecule has 1 atom stereocenters. The van der Waals surface area contributed by atoms with E-state index in [4.69, 9.17) is 21.1 Å². The van der Waals surface area contributed by atoms with Crippen molar-refractivity contribution in [3.8, 4) is 0 Å². The highest BCUT2D eigenvalue weighted by molar-refractivity contribution is 7.90. The number of thiazole rings is 1. The first-order valence-electron chi connectivity index (χ1n) is 11.9. The Hall–Kier alpha value is -2.45. The van der Waals surface area contributed by atoms with E-state index >= 15 is 0 Å². The second kappa shape index (κ2) is 12.2. The molecule has 0 unspecified atom stereocenters. The molecular formula is C24H27ClF2N4O5S2. The minimum absolute atomic E-state index is 0.0950. The van der Waals surface area contributed by atoms with E-state index in [-0.39, 0.29) is 30.2 Å². The Morgan fingerprint density at radius 1 is 1.24 bits per heavy atom. The summed E-state index contributed by atoms with van der Waals surface area (Å²) in [5.74, 6) is -3.00. The highest BCUT2D eigenvalue weighted by atomic mass is 35.5. The third-order valence-electron chi connectivity index (χ3n) is 6.61. The van der Waals surface area contributed by atoms with Crippen molar-refractivity contribution in [2.75, 3.05) is 27.4 Å². The number of rotatable bonds is 9. The van der Waals surface area contributed by atoms with Crippen molar-refractivity contribution < 1.29 is 31.5 Å². The summed E-state index contributed by atoms with van der Waals surface area (Å²) >= 11 is 7.50. The van der Waals surface area contributed by atoms with Crippen molar-refractivity contribution in [1.29, 1.82) is 0 Å². The van der Waals surface area contributed by atoms with Crippen LogP contribution in [0.5, 0.6) is 0 Å². The molecule has 2 aromatic rings. The minimum atomic E-state index is -3.54. The molecule has 1 aromatic heterocycles. The maximum atomic E-state index is 14.5. The van der Waals surface area contributed by atoms with Crippen LogP contribution in [-0.4, -0.2) is 57.8 Å². The number of aliphatic imine (C=N–C) groups is 1. The Kier molecular flexibility index (Phi) is 9.14. The van der Waals surface area contributed by atoms with Gasteiger partial charge in [-0.25, -0.2) is 31.7 Å². The fraction of sp³-hybridized carbons (Fsp3) is 0.458. The number of hydrogen-bond acceptors (Lipinski definition) is 9. The molecule has 0 radical (unpaired) electrons. The van der Waals surface area contributed by atoms with Crippen molar-refractivity contribution in [2.45, 2.75) is 37.0 Å². The molecule has 1 aliphatic heterocycles. The summed E-state index contributed by atoms with van der Waals surface area (Å²) < 4.78 is 66.3. The van der Waals surface area contributed by atoms with Crippen molar-refractivity contribution in [1.82, 2.24) is 15.0 Å². The van der Waals surface area contributed by atoms with Gasteiger partial charge in [0.05, 0.1) is 29.6 Å². The van der Waals surface area contributed by atoms with E-state index in [1.165, 1.54) is 31.6 Å². The number of nitrogens with zero attached hydrogens (tertiary/aromatic N) is 2. The summed E-state index contributed by atoms with van der Waals surface area (Å²) in [6.07, 6.45) is 3.19. The van der Waals surface area contributed by atoms with Gasteiger partial charge in [-0.2, -0.15) is 0 Å². The average molecular weight is 589 g/mol. The van der Waals surface area contributed by atoms with Gasteiger partial charge in [-0.05, 0) is 37.7 Å². The number of amidine groups is 1. The number of benzene rings is 1. The number of carbonyl (C=O) groups excluding carboxylic acids is 1. The zero-order valence-electron chi connectivity index (χ0n) is 20.7. The molecule has 1 aliphatic carbocycles. The van der Waals surface area contributed by atoms with Gasteiger partial charge in [0.1, 0.15) is 6.04 Å². The Morgan fingerprint density at radius 2 is 1.97 bits per heavy atom. The molecule has 9 nitrogen and oxygen atoms in total. The summed E-state index contributed by atoms with van der Waals surface area (Å²) in [4.78, 5) is 22.0. The number of esters is 1. The SMILES string of the molecule is COCCNS(=O)(=O)[C@H]1CC[C@H](C2=C(C(=O)OC)[C@@H](c3ccc(F)c(F)c3Cl)N=C(c3nccs3)N2)CC1. The maximum absolute atomic E-state index is 14.5. The number of sulfonamides is 1. The van der Waals surface area contributed by atoms with Crippen LogP contribution in [0.4, 0.5) is 8.78 Å². The fourth-order valence-corrected chi connectivity index (χ4v) is 7.05. The summed E-state index contributed by atoms with van der Waals surface area (Å²) in [7, 11) is -0.836. The lowest BCUT2D eigenvalue weighted by atomic mass is 9.82. The summed E-state index contributed by atoms with van der Waals surface area (Å²) in [5.41, 5.74) is 0.675. The lowest BCUT2D eigenvalue weighted by Gasteiger charge is -2.35. The van der Waals surface area contributed by atoms with Gasteiger partial charge in [-0.3, -0.25) is 4.99 Å². The van der Waals surface area contributed by atoms with Crippen LogP contribution in [-0.2, 0) is 24.3 Å². The molecule has 38 heavy (non-hydrogen) atoms. The number of aromatic nitrogens is 1. The van der Waals surface area contributed by atoms with Crippen molar-refractivity contribution in [3.05, 3.63) is 62.2 Å². The highest BCUT2D eigenvalue weighted by Gasteiger charge is 2.39. The zero-order valence-corrected chi connectivity index (χ0v) is 23.1. The molecular weight excluding hydrogens is 562 g/mol. The Bertz CT molecular complexity index is 1340. The number of halogens is 3. The van der Waals surface area contributed by atoms with E-state index in [1.807, 2.05) is 0 Å². The zero-order chi connectivity index (χ0) is 27.4. The molecule has 1 fully saturated rings. The molecule has 206 valence electrons. The van der Waals surface area contributed by atoms with E-state index in [2.05, 4.69) is 20.0 Å². The van der Waals surface area contributed by atoms with Gasteiger partial charge in [0.2, 0.25) is 10.0 Å². The van der Waals surface area contributed by atoms with Crippen LogP contribution in [0.15, 0.2) is 40.0 Å². The first-order chi connectivity index (χ1) is 18.2. The summed E-state index contributed by atoms with van der Waals surface area (Å²) in [5, 5.41) is 4.41. The molecule has 2 aliphatic rings. The fourth-order valence-electron chi connectivity index (χ4n) is 4.71. The molecule has 4 rings (SSSR count).